The van der Waals surface area contributed by atoms with Crippen molar-refractivity contribution in [1.29, 1.82) is 0 Å². The predicted octanol–water partition coefficient (Wildman–Crippen LogP) is 2.27. The average molecular weight is 465 g/mol. The maximum Gasteiger partial charge on any atom is 0.295 e. The largest absolute Gasteiger partial charge is 0.459 e. The first-order valence-corrected chi connectivity index (χ1v) is 11.5. The lowest BCUT2D eigenvalue weighted by molar-refractivity contribution is -0.131. The lowest BCUT2D eigenvalue weighted by Gasteiger charge is -2.33. The van der Waals surface area contributed by atoms with Gasteiger partial charge in [0, 0.05) is 56.4 Å². The zero-order chi connectivity index (χ0) is 24.2. The number of nitrogens with zero attached hydrogens (tertiary/aromatic N) is 4. The number of rotatable bonds is 7. The summed E-state index contributed by atoms with van der Waals surface area (Å²) in [6.45, 7) is 6.30. The number of Topliss-reactive ketones (excluding diaryl/α,β-unsaturated/α-hetero) is 1. The molecule has 9 heteroatoms. The molecule has 1 fully saturated rings. The van der Waals surface area contributed by atoms with Crippen LogP contribution in [0.1, 0.15) is 34.8 Å². The Bertz CT molecular complexity index is 1200. The molecule has 3 amide bonds. The summed E-state index contributed by atoms with van der Waals surface area (Å²) in [4.78, 5) is 56.2. The number of benzene rings is 1. The maximum absolute atomic E-state index is 13.2. The van der Waals surface area contributed by atoms with E-state index in [9.17, 15) is 19.2 Å². The number of hydrogen-bond donors (Lipinski definition) is 0. The minimum atomic E-state index is -0.615. The van der Waals surface area contributed by atoms with Crippen LogP contribution in [0.25, 0.3) is 10.9 Å². The number of ketones is 1. The van der Waals surface area contributed by atoms with E-state index in [4.69, 9.17) is 4.42 Å². The zero-order valence-electron chi connectivity index (χ0n) is 19.4. The number of piperazine rings is 1. The van der Waals surface area contributed by atoms with Crippen molar-refractivity contribution in [1.82, 2.24) is 19.3 Å². The fourth-order valence-electron chi connectivity index (χ4n) is 4.31. The van der Waals surface area contributed by atoms with E-state index in [1.165, 1.54) is 11.2 Å². The van der Waals surface area contributed by atoms with E-state index in [0.29, 0.717) is 31.6 Å². The lowest BCUT2D eigenvalue weighted by Crippen LogP contribution is -2.52. The van der Waals surface area contributed by atoms with Gasteiger partial charge in [0.2, 0.25) is 5.91 Å². The molecule has 1 aliphatic heterocycles. The van der Waals surface area contributed by atoms with Crippen molar-refractivity contribution in [2.24, 2.45) is 0 Å². The Labute approximate surface area is 197 Å². The third kappa shape index (κ3) is 4.46. The molecular weight excluding hydrogens is 436 g/mol. The minimum absolute atomic E-state index is 0.0478. The maximum atomic E-state index is 13.2. The van der Waals surface area contributed by atoms with Gasteiger partial charge >= 0.3 is 0 Å². The molecule has 2 aromatic heterocycles. The van der Waals surface area contributed by atoms with E-state index in [1.54, 1.807) is 44.8 Å². The summed E-state index contributed by atoms with van der Waals surface area (Å²) >= 11 is 0. The number of likely N-dealkylation sites (N-methyl/N-ethyl adjacent to an activating group) is 1. The molecule has 3 aromatic rings. The smallest absolute Gasteiger partial charge is 0.295 e. The summed E-state index contributed by atoms with van der Waals surface area (Å²) in [7, 11) is 0. The van der Waals surface area contributed by atoms with E-state index in [2.05, 4.69) is 0 Å². The van der Waals surface area contributed by atoms with Crippen LogP contribution in [0, 0.1) is 0 Å². The van der Waals surface area contributed by atoms with Crippen LogP contribution in [0.2, 0.25) is 0 Å². The molecule has 0 unspecified atom stereocenters. The molecule has 1 aliphatic rings. The topological polar surface area (TPSA) is 96.1 Å². The first kappa shape index (κ1) is 23.3. The number of amides is 3. The third-order valence-electron chi connectivity index (χ3n) is 6.24. The van der Waals surface area contributed by atoms with Crippen LogP contribution in [0.5, 0.6) is 0 Å². The SMILES string of the molecule is CCN(CC)C(=O)Cn1cc(C(=O)C(=O)N2CCN(C(=O)c3ccco3)CC2)c2ccccc21. The number of carbonyl (C=O) groups is 4. The summed E-state index contributed by atoms with van der Waals surface area (Å²) in [5.74, 6) is -1.25. The summed E-state index contributed by atoms with van der Waals surface area (Å²) in [5.41, 5.74) is 1.01. The Kier molecular flexibility index (Phi) is 6.81. The number of para-hydroxylation sites is 1. The van der Waals surface area contributed by atoms with Gasteiger partial charge in [-0.1, -0.05) is 18.2 Å². The van der Waals surface area contributed by atoms with Gasteiger partial charge in [0.05, 0.1) is 11.8 Å². The molecule has 0 aliphatic carbocycles. The van der Waals surface area contributed by atoms with Gasteiger partial charge in [-0.15, -0.1) is 0 Å². The van der Waals surface area contributed by atoms with Crippen LogP contribution in [-0.4, -0.2) is 82.0 Å². The molecule has 178 valence electrons. The highest BCUT2D eigenvalue weighted by Crippen LogP contribution is 2.23. The van der Waals surface area contributed by atoms with Gasteiger partial charge in [0.15, 0.2) is 5.76 Å². The molecule has 1 saturated heterocycles. The molecule has 0 radical (unpaired) electrons. The number of furan rings is 1. The molecule has 4 rings (SSSR count). The monoisotopic (exact) mass is 464 g/mol. The number of aromatic nitrogens is 1. The van der Waals surface area contributed by atoms with Crippen molar-refractivity contribution in [3.05, 3.63) is 60.2 Å². The van der Waals surface area contributed by atoms with Crippen LogP contribution >= 0.6 is 0 Å². The van der Waals surface area contributed by atoms with E-state index >= 15 is 0 Å². The van der Waals surface area contributed by atoms with E-state index in [0.717, 1.165) is 5.52 Å². The summed E-state index contributed by atoms with van der Waals surface area (Å²) in [6.07, 6.45) is 3.04. The Hall–Kier alpha value is -3.88. The number of carbonyl (C=O) groups excluding carboxylic acids is 4. The Morgan fingerprint density at radius 2 is 1.59 bits per heavy atom. The molecule has 0 N–H and O–H groups in total. The average Bonchev–Trinajstić information content (AvgIpc) is 3.53. The molecule has 0 atom stereocenters. The van der Waals surface area contributed by atoms with Crippen LogP contribution in [0.3, 0.4) is 0 Å². The highest BCUT2D eigenvalue weighted by Gasteiger charge is 2.31. The van der Waals surface area contributed by atoms with E-state index < -0.39 is 11.7 Å². The molecule has 0 bridgehead atoms. The first-order valence-electron chi connectivity index (χ1n) is 11.5. The zero-order valence-corrected chi connectivity index (χ0v) is 19.4. The number of hydrogen-bond acceptors (Lipinski definition) is 5. The third-order valence-corrected chi connectivity index (χ3v) is 6.24. The highest BCUT2D eigenvalue weighted by molar-refractivity contribution is 6.44. The fourth-order valence-corrected chi connectivity index (χ4v) is 4.31. The molecule has 3 heterocycles. The van der Waals surface area contributed by atoms with Crippen molar-refractivity contribution in [2.45, 2.75) is 20.4 Å². The predicted molar refractivity (Wildman–Crippen MR) is 125 cm³/mol. The lowest BCUT2D eigenvalue weighted by atomic mass is 10.1. The highest BCUT2D eigenvalue weighted by atomic mass is 16.3. The second-order valence-electron chi connectivity index (χ2n) is 8.14. The summed E-state index contributed by atoms with van der Waals surface area (Å²) in [6, 6.07) is 10.5. The van der Waals surface area contributed by atoms with Gasteiger partial charge in [-0.3, -0.25) is 19.2 Å². The Morgan fingerprint density at radius 1 is 0.912 bits per heavy atom. The van der Waals surface area contributed by atoms with Crippen molar-refractivity contribution in [3.63, 3.8) is 0 Å². The molecule has 1 aromatic carbocycles. The quantitative estimate of drug-likeness (QED) is 0.395. The van der Waals surface area contributed by atoms with Crippen molar-refractivity contribution in [2.75, 3.05) is 39.3 Å². The van der Waals surface area contributed by atoms with E-state index in [1.807, 2.05) is 26.0 Å². The normalized spacial score (nSPS) is 13.8. The minimum Gasteiger partial charge on any atom is -0.459 e. The number of fused-ring (bicyclic) bond motifs is 1. The molecule has 9 nitrogen and oxygen atoms in total. The first-order chi connectivity index (χ1) is 16.4. The fraction of sp³-hybridized carbons (Fsp3) is 0.360. The molecule has 34 heavy (non-hydrogen) atoms. The van der Waals surface area contributed by atoms with Crippen molar-refractivity contribution < 1.29 is 23.6 Å². The van der Waals surface area contributed by atoms with Crippen LogP contribution in [-0.2, 0) is 16.1 Å². The summed E-state index contributed by atoms with van der Waals surface area (Å²) < 4.78 is 6.90. The van der Waals surface area contributed by atoms with E-state index in [-0.39, 0.29) is 42.8 Å². The second kappa shape index (κ2) is 9.94. The standard InChI is InChI=1S/C25H28N4O5/c1-3-26(4-2)22(30)17-29-16-19(18-8-5-6-9-20(18)29)23(31)25(33)28-13-11-27(12-14-28)24(32)21-10-7-15-34-21/h5-10,15-16H,3-4,11-14,17H2,1-2H3. The summed E-state index contributed by atoms with van der Waals surface area (Å²) in [5, 5.41) is 0.639. The molecular formula is C25H28N4O5. The molecule has 0 spiro atoms. The molecule has 0 saturated carbocycles. The van der Waals surface area contributed by atoms with Gasteiger partial charge in [0.1, 0.15) is 6.54 Å². The Morgan fingerprint density at radius 3 is 2.24 bits per heavy atom. The van der Waals surface area contributed by atoms with Crippen molar-refractivity contribution in [3.8, 4) is 0 Å². The van der Waals surface area contributed by atoms with Crippen molar-refractivity contribution >= 4 is 34.4 Å². The van der Waals surface area contributed by atoms with Crippen LogP contribution in [0.15, 0.2) is 53.3 Å². The van der Waals surface area contributed by atoms with Crippen LogP contribution in [0.4, 0.5) is 0 Å². The Balaban J connectivity index is 1.49. The van der Waals surface area contributed by atoms with Gasteiger partial charge in [0.25, 0.3) is 17.6 Å². The van der Waals surface area contributed by atoms with Gasteiger partial charge < -0.3 is 23.7 Å². The second-order valence-corrected chi connectivity index (χ2v) is 8.14. The van der Waals surface area contributed by atoms with Gasteiger partial charge in [-0.25, -0.2) is 0 Å². The van der Waals surface area contributed by atoms with Gasteiger partial charge in [-0.05, 0) is 32.0 Å². The van der Waals surface area contributed by atoms with Crippen LogP contribution < -0.4 is 0 Å². The van der Waals surface area contributed by atoms with Gasteiger partial charge in [-0.2, -0.15) is 0 Å².